The number of hydrogen-bond acceptors (Lipinski definition) is 3. The van der Waals surface area contributed by atoms with E-state index in [0.29, 0.717) is 6.54 Å². The Balaban J connectivity index is 2.32. The molecule has 2 aromatic rings. The van der Waals surface area contributed by atoms with Crippen LogP contribution in [0.1, 0.15) is 17.0 Å². The van der Waals surface area contributed by atoms with Gasteiger partial charge in [-0.3, -0.25) is 4.68 Å². The summed E-state index contributed by atoms with van der Waals surface area (Å²) in [4.78, 5) is -0.0613. The van der Waals surface area contributed by atoms with Crippen LogP contribution in [0, 0.1) is 19.7 Å². The molecule has 0 atom stereocenters. The standard InChI is InChI=1S/C16H20FN3O2S/c1-5-9-20-13(3)16(12(2)18-20)11-19(4)23(21,22)15-8-6-7-14(17)10-15/h5-8,10H,1,9,11H2,2-4H3. The Hall–Kier alpha value is -1.99. The summed E-state index contributed by atoms with van der Waals surface area (Å²) in [6.07, 6.45) is 1.73. The minimum Gasteiger partial charge on any atom is -0.265 e. The molecule has 5 nitrogen and oxygen atoms in total. The van der Waals surface area contributed by atoms with Gasteiger partial charge in [0, 0.05) is 24.8 Å². The molecule has 0 saturated heterocycles. The fraction of sp³-hybridized carbons (Fsp3) is 0.312. The molecule has 2 rings (SSSR count). The zero-order chi connectivity index (χ0) is 17.2. The first-order valence-corrected chi connectivity index (χ1v) is 8.57. The summed E-state index contributed by atoms with van der Waals surface area (Å²) in [5.41, 5.74) is 2.50. The Morgan fingerprint density at radius 1 is 1.39 bits per heavy atom. The summed E-state index contributed by atoms with van der Waals surface area (Å²) in [6, 6.07) is 5.00. The smallest absolute Gasteiger partial charge is 0.243 e. The summed E-state index contributed by atoms with van der Waals surface area (Å²) in [6.45, 7) is 8.15. The van der Waals surface area contributed by atoms with Gasteiger partial charge in [0.1, 0.15) is 5.82 Å². The molecule has 0 bridgehead atoms. The van der Waals surface area contributed by atoms with Crippen LogP contribution in [0.3, 0.4) is 0 Å². The second-order valence-electron chi connectivity index (χ2n) is 5.34. The van der Waals surface area contributed by atoms with Crippen LogP contribution in [0.5, 0.6) is 0 Å². The van der Waals surface area contributed by atoms with E-state index in [4.69, 9.17) is 0 Å². The van der Waals surface area contributed by atoms with Gasteiger partial charge in [-0.1, -0.05) is 12.1 Å². The summed E-state index contributed by atoms with van der Waals surface area (Å²) in [5.74, 6) is -0.578. The molecule has 7 heteroatoms. The van der Waals surface area contributed by atoms with E-state index < -0.39 is 15.8 Å². The van der Waals surface area contributed by atoms with Crippen LogP contribution in [0.4, 0.5) is 4.39 Å². The van der Waals surface area contributed by atoms with Crippen molar-refractivity contribution in [2.75, 3.05) is 7.05 Å². The average molecular weight is 337 g/mol. The monoisotopic (exact) mass is 337 g/mol. The number of nitrogens with zero attached hydrogens (tertiary/aromatic N) is 3. The molecule has 0 aliphatic carbocycles. The molecule has 0 amide bonds. The number of benzene rings is 1. The molecular formula is C16H20FN3O2S. The van der Waals surface area contributed by atoms with Crippen LogP contribution < -0.4 is 0 Å². The van der Waals surface area contributed by atoms with Crippen molar-refractivity contribution in [2.45, 2.75) is 31.8 Å². The summed E-state index contributed by atoms with van der Waals surface area (Å²) >= 11 is 0. The zero-order valence-electron chi connectivity index (χ0n) is 13.5. The number of sulfonamides is 1. The Morgan fingerprint density at radius 3 is 2.70 bits per heavy atom. The van der Waals surface area contributed by atoms with Crippen LogP contribution in [0.15, 0.2) is 41.8 Å². The second-order valence-corrected chi connectivity index (χ2v) is 7.38. The second kappa shape index (κ2) is 6.64. The number of aromatic nitrogens is 2. The van der Waals surface area contributed by atoms with E-state index in [1.165, 1.54) is 29.6 Å². The molecule has 0 radical (unpaired) electrons. The molecule has 0 fully saturated rings. The van der Waals surface area contributed by atoms with Gasteiger partial charge >= 0.3 is 0 Å². The molecule has 0 saturated carbocycles. The third kappa shape index (κ3) is 3.51. The number of aryl methyl sites for hydroxylation is 1. The highest BCUT2D eigenvalue weighted by Gasteiger charge is 2.23. The van der Waals surface area contributed by atoms with Crippen molar-refractivity contribution in [3.05, 3.63) is 59.7 Å². The van der Waals surface area contributed by atoms with Gasteiger partial charge in [0.2, 0.25) is 10.0 Å². The van der Waals surface area contributed by atoms with Gasteiger partial charge in [-0.05, 0) is 32.0 Å². The molecule has 1 aromatic heterocycles. The topological polar surface area (TPSA) is 55.2 Å². The lowest BCUT2D eigenvalue weighted by molar-refractivity contribution is 0.464. The third-order valence-electron chi connectivity index (χ3n) is 3.72. The van der Waals surface area contributed by atoms with Gasteiger partial charge in [-0.15, -0.1) is 6.58 Å². The van der Waals surface area contributed by atoms with Gasteiger partial charge in [-0.2, -0.15) is 9.40 Å². The first-order valence-electron chi connectivity index (χ1n) is 7.13. The van der Waals surface area contributed by atoms with Crippen molar-refractivity contribution >= 4 is 10.0 Å². The Kier molecular flexibility index (Phi) is 5.01. The van der Waals surface area contributed by atoms with E-state index in [-0.39, 0.29) is 11.4 Å². The number of allylic oxidation sites excluding steroid dienone is 1. The Morgan fingerprint density at radius 2 is 2.09 bits per heavy atom. The molecule has 0 aliphatic rings. The third-order valence-corrected chi connectivity index (χ3v) is 5.52. The summed E-state index contributed by atoms with van der Waals surface area (Å²) in [7, 11) is -2.28. The predicted molar refractivity (Wildman–Crippen MR) is 87.0 cm³/mol. The first-order chi connectivity index (χ1) is 10.8. The fourth-order valence-corrected chi connectivity index (χ4v) is 3.55. The van der Waals surface area contributed by atoms with Crippen LogP contribution in [-0.2, 0) is 23.1 Å². The molecule has 1 heterocycles. The lowest BCUT2D eigenvalue weighted by atomic mass is 10.2. The van der Waals surface area contributed by atoms with Crippen LogP contribution in [0.25, 0.3) is 0 Å². The molecule has 0 spiro atoms. The van der Waals surface area contributed by atoms with Crippen molar-refractivity contribution in [1.29, 1.82) is 0 Å². The van der Waals surface area contributed by atoms with Gasteiger partial charge < -0.3 is 0 Å². The zero-order valence-corrected chi connectivity index (χ0v) is 14.3. The first kappa shape index (κ1) is 17.4. The molecule has 23 heavy (non-hydrogen) atoms. The normalized spacial score (nSPS) is 11.9. The van der Waals surface area contributed by atoms with E-state index in [1.807, 2.05) is 13.8 Å². The van der Waals surface area contributed by atoms with E-state index in [1.54, 1.807) is 10.8 Å². The van der Waals surface area contributed by atoms with E-state index >= 15 is 0 Å². The van der Waals surface area contributed by atoms with Crippen molar-refractivity contribution in [3.63, 3.8) is 0 Å². The Labute approximate surface area is 136 Å². The van der Waals surface area contributed by atoms with Crippen LogP contribution in [0.2, 0.25) is 0 Å². The van der Waals surface area contributed by atoms with Crippen molar-refractivity contribution in [2.24, 2.45) is 0 Å². The molecule has 1 aromatic carbocycles. The van der Waals surface area contributed by atoms with Crippen molar-refractivity contribution in [3.8, 4) is 0 Å². The van der Waals surface area contributed by atoms with Gasteiger partial charge in [0.15, 0.2) is 0 Å². The van der Waals surface area contributed by atoms with E-state index in [0.717, 1.165) is 23.0 Å². The quantitative estimate of drug-likeness (QED) is 0.762. The van der Waals surface area contributed by atoms with Crippen LogP contribution >= 0.6 is 0 Å². The lowest BCUT2D eigenvalue weighted by Gasteiger charge is -2.17. The molecule has 0 aliphatic heterocycles. The SMILES string of the molecule is C=CCn1nc(C)c(CN(C)S(=O)(=O)c2cccc(F)c2)c1C. The van der Waals surface area contributed by atoms with E-state index in [9.17, 15) is 12.8 Å². The maximum atomic E-state index is 13.3. The highest BCUT2D eigenvalue weighted by atomic mass is 32.2. The molecule has 0 N–H and O–H groups in total. The maximum Gasteiger partial charge on any atom is 0.243 e. The van der Waals surface area contributed by atoms with E-state index in [2.05, 4.69) is 11.7 Å². The van der Waals surface area contributed by atoms with Crippen LogP contribution in [-0.4, -0.2) is 29.6 Å². The highest BCUT2D eigenvalue weighted by Crippen LogP contribution is 2.21. The van der Waals surface area contributed by atoms with Gasteiger partial charge in [0.25, 0.3) is 0 Å². The Bertz CT molecular complexity index is 828. The maximum absolute atomic E-state index is 13.3. The molecule has 0 unspecified atom stereocenters. The molecule has 124 valence electrons. The fourth-order valence-electron chi connectivity index (χ4n) is 2.38. The average Bonchev–Trinajstić information content (AvgIpc) is 2.75. The predicted octanol–water partition coefficient (Wildman–Crippen LogP) is 2.65. The number of rotatable bonds is 6. The van der Waals surface area contributed by atoms with Crippen molar-refractivity contribution in [1.82, 2.24) is 14.1 Å². The van der Waals surface area contributed by atoms with Gasteiger partial charge in [0.05, 0.1) is 17.1 Å². The highest BCUT2D eigenvalue weighted by molar-refractivity contribution is 7.89. The summed E-state index contributed by atoms with van der Waals surface area (Å²) in [5, 5.41) is 4.39. The van der Waals surface area contributed by atoms with Gasteiger partial charge in [-0.25, -0.2) is 12.8 Å². The summed E-state index contributed by atoms with van der Waals surface area (Å²) < 4.78 is 41.4. The largest absolute Gasteiger partial charge is 0.265 e. The van der Waals surface area contributed by atoms with Crippen molar-refractivity contribution < 1.29 is 12.8 Å². The molecular weight excluding hydrogens is 317 g/mol. The number of halogens is 1. The minimum atomic E-state index is -3.76. The minimum absolute atomic E-state index is 0.0613. The lowest BCUT2D eigenvalue weighted by Crippen LogP contribution is -2.27. The number of hydrogen-bond donors (Lipinski definition) is 0.